The van der Waals surface area contributed by atoms with Gasteiger partial charge in [-0.2, -0.15) is 0 Å². The van der Waals surface area contributed by atoms with Crippen LogP contribution in [0.1, 0.15) is 11.1 Å². The molecule has 4 nitrogen and oxygen atoms in total. The number of phenols is 1. The lowest BCUT2D eigenvalue weighted by atomic mass is 9.99. The molecule has 0 aliphatic heterocycles. The topological polar surface area (TPSA) is 72.3 Å². The van der Waals surface area contributed by atoms with Gasteiger partial charge in [0.25, 0.3) is 0 Å². The monoisotopic (exact) mass is 238 g/mol. The van der Waals surface area contributed by atoms with Crippen LogP contribution in [-0.4, -0.2) is 10.3 Å². The fourth-order valence-electron chi connectivity index (χ4n) is 1.69. The second-order valence-corrected chi connectivity index (χ2v) is 4.03. The highest BCUT2D eigenvalue weighted by atomic mass is 35.5. The smallest absolute Gasteiger partial charge is 0.230 e. The van der Waals surface area contributed by atoms with E-state index in [1.807, 2.05) is 0 Å². The number of rotatable bonds is 1. The number of nitrogens with two attached hydrogens (primary N) is 1. The van der Waals surface area contributed by atoms with Gasteiger partial charge in [0.1, 0.15) is 5.75 Å². The van der Waals surface area contributed by atoms with E-state index in [0.717, 1.165) is 5.56 Å². The molecule has 1 heterocycles. The molecule has 0 unspecified atom stereocenters. The fraction of sp³-hybridized carbons (Fsp3) is 0.182. The number of aryl methyl sites for hydroxylation is 1. The first-order chi connectivity index (χ1) is 7.52. The zero-order chi connectivity index (χ0) is 11.9. The number of aromatic nitrogens is 1. The maximum atomic E-state index is 9.85. The summed E-state index contributed by atoms with van der Waals surface area (Å²) < 4.78 is 4.79. The van der Waals surface area contributed by atoms with Gasteiger partial charge in [0.2, 0.25) is 5.88 Å². The summed E-state index contributed by atoms with van der Waals surface area (Å²) in [6.45, 7) is 3.56. The van der Waals surface area contributed by atoms with Crippen LogP contribution in [0.5, 0.6) is 5.75 Å². The number of nitrogen functional groups attached to an aromatic ring is 1. The van der Waals surface area contributed by atoms with Crippen LogP contribution in [0.4, 0.5) is 5.88 Å². The highest BCUT2D eigenvalue weighted by molar-refractivity contribution is 6.33. The summed E-state index contributed by atoms with van der Waals surface area (Å²) in [6, 6.07) is 1.69. The third-order valence-corrected chi connectivity index (χ3v) is 2.85. The molecular weight excluding hydrogens is 228 g/mol. The van der Waals surface area contributed by atoms with Gasteiger partial charge in [-0.1, -0.05) is 16.8 Å². The molecular formula is C11H11ClN2O2. The van der Waals surface area contributed by atoms with Crippen molar-refractivity contribution in [2.24, 2.45) is 0 Å². The minimum Gasteiger partial charge on any atom is -0.507 e. The molecule has 0 fully saturated rings. The van der Waals surface area contributed by atoms with Gasteiger partial charge in [-0.15, -0.1) is 0 Å². The number of phenolic OH excluding ortho intramolecular Hbond substituents is 1. The zero-order valence-electron chi connectivity index (χ0n) is 8.91. The number of benzene rings is 1. The lowest BCUT2D eigenvalue weighted by molar-refractivity contribution is 0.436. The molecule has 0 saturated carbocycles. The Hall–Kier alpha value is -1.68. The Morgan fingerprint density at radius 2 is 2.12 bits per heavy atom. The third-order valence-electron chi connectivity index (χ3n) is 2.55. The van der Waals surface area contributed by atoms with E-state index in [1.165, 1.54) is 6.20 Å². The van der Waals surface area contributed by atoms with Gasteiger partial charge >= 0.3 is 0 Å². The van der Waals surface area contributed by atoms with Crippen molar-refractivity contribution in [3.05, 3.63) is 28.4 Å². The van der Waals surface area contributed by atoms with Crippen molar-refractivity contribution >= 4 is 17.5 Å². The highest BCUT2D eigenvalue weighted by Gasteiger charge is 2.17. The lowest BCUT2D eigenvalue weighted by Crippen LogP contribution is -1.91. The summed E-state index contributed by atoms with van der Waals surface area (Å²) in [5.74, 6) is 0.397. The second-order valence-electron chi connectivity index (χ2n) is 3.63. The quantitative estimate of drug-likeness (QED) is 0.801. The van der Waals surface area contributed by atoms with Crippen molar-refractivity contribution in [3.63, 3.8) is 0 Å². The Bertz CT molecular complexity index is 549. The SMILES string of the molecule is Cc1cc(Cl)c(-c2cnoc2N)c(C)c1O. The van der Waals surface area contributed by atoms with Crippen LogP contribution in [0.2, 0.25) is 5.02 Å². The van der Waals surface area contributed by atoms with Gasteiger partial charge in [0.15, 0.2) is 0 Å². The summed E-state index contributed by atoms with van der Waals surface area (Å²) >= 11 is 6.13. The van der Waals surface area contributed by atoms with Crippen LogP contribution >= 0.6 is 11.6 Å². The van der Waals surface area contributed by atoms with Crippen LogP contribution in [0.3, 0.4) is 0 Å². The third kappa shape index (κ3) is 1.51. The molecule has 1 aromatic heterocycles. The van der Waals surface area contributed by atoms with E-state index in [9.17, 15) is 5.11 Å². The first-order valence-corrected chi connectivity index (χ1v) is 5.09. The van der Waals surface area contributed by atoms with E-state index < -0.39 is 0 Å². The molecule has 2 aromatic rings. The van der Waals surface area contributed by atoms with Crippen molar-refractivity contribution in [1.82, 2.24) is 5.16 Å². The van der Waals surface area contributed by atoms with Gasteiger partial charge in [-0.3, -0.25) is 0 Å². The number of nitrogens with zero attached hydrogens (tertiary/aromatic N) is 1. The Labute approximate surface area is 97.6 Å². The molecule has 0 aliphatic carbocycles. The number of aromatic hydroxyl groups is 1. The van der Waals surface area contributed by atoms with Crippen molar-refractivity contribution in [2.75, 3.05) is 5.73 Å². The molecule has 0 atom stereocenters. The average Bonchev–Trinajstić information content (AvgIpc) is 2.62. The van der Waals surface area contributed by atoms with Crippen molar-refractivity contribution in [3.8, 4) is 16.9 Å². The molecule has 0 saturated heterocycles. The summed E-state index contributed by atoms with van der Waals surface area (Å²) in [5.41, 5.74) is 8.27. The Balaban J connectivity index is 2.76. The van der Waals surface area contributed by atoms with E-state index in [4.69, 9.17) is 21.9 Å². The van der Waals surface area contributed by atoms with E-state index >= 15 is 0 Å². The lowest BCUT2D eigenvalue weighted by Gasteiger charge is -2.10. The van der Waals surface area contributed by atoms with Crippen LogP contribution in [0.25, 0.3) is 11.1 Å². The predicted molar refractivity (Wildman–Crippen MR) is 62.5 cm³/mol. The zero-order valence-corrected chi connectivity index (χ0v) is 9.67. The van der Waals surface area contributed by atoms with E-state index in [-0.39, 0.29) is 11.6 Å². The largest absolute Gasteiger partial charge is 0.507 e. The van der Waals surface area contributed by atoms with Crippen LogP contribution in [0.15, 0.2) is 16.8 Å². The maximum absolute atomic E-state index is 9.85. The van der Waals surface area contributed by atoms with Gasteiger partial charge in [-0.25, -0.2) is 0 Å². The molecule has 16 heavy (non-hydrogen) atoms. The summed E-state index contributed by atoms with van der Waals surface area (Å²) in [7, 11) is 0. The standard InChI is InChI=1S/C11H11ClN2O2/c1-5-3-8(12)9(6(2)10(5)15)7-4-14-16-11(7)13/h3-4,15H,13H2,1-2H3. The van der Waals surface area contributed by atoms with Crippen molar-refractivity contribution in [2.45, 2.75) is 13.8 Å². The van der Waals surface area contributed by atoms with Crippen LogP contribution in [-0.2, 0) is 0 Å². The van der Waals surface area contributed by atoms with Gasteiger partial charge < -0.3 is 15.4 Å². The number of halogens is 1. The summed E-state index contributed by atoms with van der Waals surface area (Å²) in [5, 5.41) is 14.0. The highest BCUT2D eigenvalue weighted by Crippen LogP contribution is 2.40. The van der Waals surface area contributed by atoms with Crippen molar-refractivity contribution < 1.29 is 9.63 Å². The van der Waals surface area contributed by atoms with Gasteiger partial charge in [0, 0.05) is 16.1 Å². The molecule has 0 radical (unpaired) electrons. The Morgan fingerprint density at radius 3 is 2.69 bits per heavy atom. The van der Waals surface area contributed by atoms with Crippen molar-refractivity contribution in [1.29, 1.82) is 0 Å². The van der Waals surface area contributed by atoms with E-state index in [0.29, 0.717) is 21.7 Å². The number of anilines is 1. The second kappa shape index (κ2) is 3.72. The molecule has 1 aromatic carbocycles. The number of hydrogen-bond acceptors (Lipinski definition) is 4. The normalized spacial score (nSPS) is 10.7. The first kappa shape index (κ1) is 10.8. The fourth-order valence-corrected chi connectivity index (χ4v) is 2.10. The van der Waals surface area contributed by atoms with E-state index in [2.05, 4.69) is 5.16 Å². The average molecular weight is 239 g/mol. The molecule has 0 spiro atoms. The summed E-state index contributed by atoms with van der Waals surface area (Å²) in [4.78, 5) is 0. The molecule has 2 rings (SSSR count). The Kier molecular flexibility index (Phi) is 2.52. The molecule has 0 aliphatic rings. The predicted octanol–water partition coefficient (Wildman–Crippen LogP) is 2.90. The van der Waals surface area contributed by atoms with Crippen LogP contribution in [0, 0.1) is 13.8 Å². The minimum atomic E-state index is 0.188. The first-order valence-electron chi connectivity index (χ1n) is 4.71. The summed E-state index contributed by atoms with van der Waals surface area (Å²) in [6.07, 6.45) is 1.48. The molecule has 84 valence electrons. The van der Waals surface area contributed by atoms with E-state index in [1.54, 1.807) is 19.9 Å². The molecule has 0 bridgehead atoms. The van der Waals surface area contributed by atoms with Gasteiger partial charge in [-0.05, 0) is 25.5 Å². The number of hydrogen-bond donors (Lipinski definition) is 2. The molecule has 5 heteroatoms. The van der Waals surface area contributed by atoms with Crippen LogP contribution < -0.4 is 5.73 Å². The molecule has 0 amide bonds. The Morgan fingerprint density at radius 1 is 1.44 bits per heavy atom. The maximum Gasteiger partial charge on any atom is 0.230 e. The van der Waals surface area contributed by atoms with Gasteiger partial charge in [0.05, 0.1) is 11.8 Å². The molecule has 3 N–H and O–H groups in total. The minimum absolute atomic E-state index is 0.188.